The van der Waals surface area contributed by atoms with Gasteiger partial charge in [-0.2, -0.15) is 0 Å². The van der Waals surface area contributed by atoms with Crippen LogP contribution < -0.4 is 23.8 Å². The number of halogens is 2. The highest BCUT2D eigenvalue weighted by Gasteiger charge is 2.34. The minimum atomic E-state index is -4.44. The van der Waals surface area contributed by atoms with E-state index in [-0.39, 0.29) is 39.7 Å². The van der Waals surface area contributed by atoms with Gasteiger partial charge in [0.1, 0.15) is 18.3 Å². The average molecular weight is 653 g/mol. The molecule has 0 radical (unpaired) electrons. The Morgan fingerprint density at radius 2 is 1.40 bits per heavy atom. The predicted octanol–water partition coefficient (Wildman–Crippen LogP) is 5.16. The first-order chi connectivity index (χ1) is 20.3. The van der Waals surface area contributed by atoms with Crippen LogP contribution in [0.2, 0.25) is 10.0 Å². The molecule has 3 aromatic rings. The summed E-state index contributed by atoms with van der Waals surface area (Å²) in [4.78, 5) is 28.3. The van der Waals surface area contributed by atoms with Crippen LogP contribution in [-0.2, 0) is 26.2 Å². The Bertz CT molecular complexity index is 1550. The summed E-state index contributed by atoms with van der Waals surface area (Å²) in [5, 5.41) is 3.54. The molecule has 0 saturated carbocycles. The second-order valence-corrected chi connectivity index (χ2v) is 12.6. The smallest absolute Gasteiger partial charge is 0.265 e. The largest absolute Gasteiger partial charge is 0.495 e. The van der Waals surface area contributed by atoms with Crippen molar-refractivity contribution < 1.29 is 32.2 Å². The molecule has 2 amide bonds. The molecule has 0 aliphatic rings. The van der Waals surface area contributed by atoms with Gasteiger partial charge in [-0.25, -0.2) is 8.42 Å². The normalized spacial score (nSPS) is 11.9. The maximum atomic E-state index is 14.2. The van der Waals surface area contributed by atoms with Gasteiger partial charge in [-0.1, -0.05) is 35.3 Å². The first kappa shape index (κ1) is 33.8. The molecular weight excluding hydrogens is 617 g/mol. The minimum Gasteiger partial charge on any atom is -0.495 e. The quantitative estimate of drug-likeness (QED) is 0.272. The number of anilines is 1. The average Bonchev–Trinajstić information content (AvgIpc) is 2.98. The topological polar surface area (TPSA) is 114 Å². The van der Waals surface area contributed by atoms with Crippen molar-refractivity contribution in [3.05, 3.63) is 76.3 Å². The van der Waals surface area contributed by atoms with Crippen LogP contribution in [0, 0.1) is 0 Å². The Labute approximate surface area is 262 Å². The lowest BCUT2D eigenvalue weighted by Crippen LogP contribution is -2.52. The van der Waals surface area contributed by atoms with Crippen LogP contribution in [0.25, 0.3) is 0 Å². The number of hydrogen-bond donors (Lipinski definition) is 1. The molecule has 3 rings (SSSR count). The van der Waals surface area contributed by atoms with Crippen molar-refractivity contribution in [3.8, 4) is 17.2 Å². The molecule has 0 aliphatic carbocycles. The second-order valence-electron chi connectivity index (χ2n) is 9.83. The van der Waals surface area contributed by atoms with Crippen molar-refractivity contribution >= 4 is 50.7 Å². The number of hydrogen-bond acceptors (Lipinski definition) is 7. The number of sulfonamides is 1. The van der Waals surface area contributed by atoms with Crippen LogP contribution in [0.15, 0.2) is 65.6 Å². The Balaban J connectivity index is 2.14. The van der Waals surface area contributed by atoms with Crippen molar-refractivity contribution in [3.63, 3.8) is 0 Å². The molecule has 43 heavy (non-hydrogen) atoms. The SMILES string of the molecule is COc1ccc(S(=O)(=O)N(CC(=O)N(Cc2ccc(Cl)cc2)[C@@H](C)C(=O)NC(C)C)c2cc(Cl)ccc2OC)cc1OC. The molecule has 0 aromatic heterocycles. The molecule has 0 bridgehead atoms. The van der Waals surface area contributed by atoms with E-state index < -0.39 is 34.4 Å². The lowest BCUT2D eigenvalue weighted by atomic mass is 10.1. The van der Waals surface area contributed by atoms with Crippen LogP contribution in [0.3, 0.4) is 0 Å². The summed E-state index contributed by atoms with van der Waals surface area (Å²) >= 11 is 12.3. The fourth-order valence-electron chi connectivity index (χ4n) is 4.25. The Kier molecular flexibility index (Phi) is 11.5. The van der Waals surface area contributed by atoms with E-state index in [4.69, 9.17) is 37.4 Å². The van der Waals surface area contributed by atoms with Gasteiger partial charge < -0.3 is 24.4 Å². The third kappa shape index (κ3) is 8.25. The maximum absolute atomic E-state index is 14.2. The van der Waals surface area contributed by atoms with Gasteiger partial charge in [-0.3, -0.25) is 13.9 Å². The van der Waals surface area contributed by atoms with Gasteiger partial charge in [0, 0.05) is 28.7 Å². The van der Waals surface area contributed by atoms with Crippen molar-refractivity contribution in [2.45, 2.75) is 44.3 Å². The molecule has 10 nitrogen and oxygen atoms in total. The second kappa shape index (κ2) is 14.7. The van der Waals surface area contributed by atoms with Crippen LogP contribution in [-0.4, -0.2) is 65.1 Å². The van der Waals surface area contributed by atoms with Gasteiger partial charge >= 0.3 is 0 Å². The summed E-state index contributed by atoms with van der Waals surface area (Å²) < 4.78 is 45.4. The zero-order valence-corrected chi connectivity index (χ0v) is 27.1. The van der Waals surface area contributed by atoms with Crippen LogP contribution in [0.5, 0.6) is 17.2 Å². The number of nitrogens with zero attached hydrogens (tertiary/aromatic N) is 2. The number of benzene rings is 3. The molecule has 1 N–H and O–H groups in total. The Morgan fingerprint density at radius 1 is 0.814 bits per heavy atom. The fourth-order valence-corrected chi connectivity index (χ4v) is 5.97. The summed E-state index contributed by atoms with van der Waals surface area (Å²) in [5.41, 5.74) is 0.723. The van der Waals surface area contributed by atoms with Crippen LogP contribution in [0.4, 0.5) is 5.69 Å². The Hall–Kier alpha value is -3.67. The van der Waals surface area contributed by atoms with Crippen molar-refractivity contribution in [1.82, 2.24) is 10.2 Å². The number of carbonyl (C=O) groups excluding carboxylic acids is 2. The number of amides is 2. The van der Waals surface area contributed by atoms with Crippen molar-refractivity contribution in [2.24, 2.45) is 0 Å². The molecule has 1 atom stereocenters. The number of ether oxygens (including phenoxy) is 3. The first-order valence-electron chi connectivity index (χ1n) is 13.2. The van der Waals surface area contributed by atoms with Gasteiger partial charge in [0.15, 0.2) is 11.5 Å². The lowest BCUT2D eigenvalue weighted by Gasteiger charge is -2.32. The monoisotopic (exact) mass is 651 g/mol. The molecule has 0 heterocycles. The number of rotatable bonds is 13. The van der Waals surface area contributed by atoms with Crippen molar-refractivity contribution in [1.29, 1.82) is 0 Å². The van der Waals surface area contributed by atoms with Crippen molar-refractivity contribution in [2.75, 3.05) is 32.2 Å². The summed E-state index contributed by atoms with van der Waals surface area (Å²) in [5.74, 6) is -0.379. The number of carbonyl (C=O) groups is 2. The molecular formula is C30H35Cl2N3O7S. The van der Waals surface area contributed by atoms with Gasteiger partial charge in [-0.15, -0.1) is 0 Å². The van der Waals surface area contributed by atoms with Gasteiger partial charge in [0.2, 0.25) is 11.8 Å². The molecule has 0 unspecified atom stereocenters. The van der Waals surface area contributed by atoms with E-state index in [1.165, 1.54) is 62.6 Å². The minimum absolute atomic E-state index is 0.0135. The highest BCUT2D eigenvalue weighted by Crippen LogP contribution is 2.37. The van der Waals surface area contributed by atoms with E-state index in [2.05, 4.69) is 5.32 Å². The van der Waals surface area contributed by atoms with Gasteiger partial charge in [0.05, 0.1) is 31.9 Å². The zero-order valence-electron chi connectivity index (χ0n) is 24.8. The van der Waals surface area contributed by atoms with Crippen LogP contribution in [0.1, 0.15) is 26.3 Å². The molecule has 0 spiro atoms. The molecule has 0 saturated heterocycles. The third-order valence-electron chi connectivity index (χ3n) is 6.50. The third-order valence-corrected chi connectivity index (χ3v) is 8.74. The molecule has 13 heteroatoms. The van der Waals surface area contributed by atoms with Gasteiger partial charge in [0.25, 0.3) is 10.0 Å². The zero-order chi connectivity index (χ0) is 31.9. The lowest BCUT2D eigenvalue weighted by molar-refractivity contribution is -0.139. The summed E-state index contributed by atoms with van der Waals surface area (Å²) in [6, 6.07) is 14.2. The molecule has 3 aromatic carbocycles. The van der Waals surface area contributed by atoms with E-state index in [1.807, 2.05) is 0 Å². The van der Waals surface area contributed by atoms with E-state index in [9.17, 15) is 18.0 Å². The maximum Gasteiger partial charge on any atom is 0.265 e. The summed E-state index contributed by atoms with van der Waals surface area (Å²) in [7, 11) is -0.251. The molecule has 0 aliphatic heterocycles. The molecule has 0 fully saturated rings. The van der Waals surface area contributed by atoms with Crippen LogP contribution >= 0.6 is 23.2 Å². The highest BCUT2D eigenvalue weighted by molar-refractivity contribution is 7.92. The number of nitrogens with one attached hydrogen (secondary N) is 1. The Morgan fingerprint density at radius 3 is 1.98 bits per heavy atom. The molecule has 232 valence electrons. The predicted molar refractivity (Wildman–Crippen MR) is 167 cm³/mol. The van der Waals surface area contributed by atoms with E-state index in [0.717, 1.165) is 4.31 Å². The standard InChI is InChI=1S/C30H35Cl2N3O7S/c1-19(2)33-30(37)20(3)34(17-21-7-9-22(31)10-8-21)29(36)18-35(25-15-23(32)11-13-26(25)40-4)43(38,39)24-12-14-27(41-5)28(16-24)42-6/h7-16,19-20H,17-18H2,1-6H3,(H,33,37)/t20-/m0/s1. The van der Waals surface area contributed by atoms with E-state index in [1.54, 1.807) is 45.0 Å². The van der Waals surface area contributed by atoms with Gasteiger partial charge in [-0.05, 0) is 68.8 Å². The summed E-state index contributed by atoms with van der Waals surface area (Å²) in [6.07, 6.45) is 0. The van der Waals surface area contributed by atoms with E-state index >= 15 is 0 Å². The first-order valence-corrected chi connectivity index (χ1v) is 15.4. The number of methoxy groups -OCH3 is 3. The summed E-state index contributed by atoms with van der Waals surface area (Å²) in [6.45, 7) is 4.52. The highest BCUT2D eigenvalue weighted by atomic mass is 35.5. The van der Waals surface area contributed by atoms with E-state index in [0.29, 0.717) is 16.3 Å². The fraction of sp³-hybridized carbons (Fsp3) is 0.333.